The summed E-state index contributed by atoms with van der Waals surface area (Å²) < 4.78 is 5.23. The van der Waals surface area contributed by atoms with Gasteiger partial charge in [0, 0.05) is 0 Å². The number of carboxylic acids is 1. The van der Waals surface area contributed by atoms with Crippen LogP contribution in [0.5, 0.6) is 0 Å². The molecule has 1 atom stereocenters. The Morgan fingerprint density at radius 3 is 2.67 bits per heavy atom. The van der Waals surface area contributed by atoms with Gasteiger partial charge >= 0.3 is 5.97 Å². The summed E-state index contributed by atoms with van der Waals surface area (Å²) in [6.07, 6.45) is 2.11. The summed E-state index contributed by atoms with van der Waals surface area (Å²) in [4.78, 5) is 10.3. The number of carbonyl (C=O) groups is 1. The topological polar surface area (TPSA) is 46.5 Å². The fourth-order valence-electron chi connectivity index (χ4n) is 0.794. The predicted octanol–water partition coefficient (Wildman–Crippen LogP) is 1.83. The summed E-state index contributed by atoms with van der Waals surface area (Å²) >= 11 is 0. The lowest BCUT2D eigenvalue weighted by Gasteiger charge is -2.11. The van der Waals surface area contributed by atoms with Gasteiger partial charge in [-0.3, -0.25) is 0 Å². The number of hydrogen-bond acceptors (Lipinski definition) is 2. The van der Waals surface area contributed by atoms with Crippen LogP contribution in [0.1, 0.15) is 26.7 Å². The Hall–Kier alpha value is -0.830. The van der Waals surface area contributed by atoms with Crippen molar-refractivity contribution in [2.24, 2.45) is 0 Å². The van der Waals surface area contributed by atoms with Crippen LogP contribution in [0.25, 0.3) is 0 Å². The van der Waals surface area contributed by atoms with Crippen molar-refractivity contribution < 1.29 is 14.6 Å². The van der Waals surface area contributed by atoms with E-state index in [1.807, 2.05) is 6.92 Å². The summed E-state index contributed by atoms with van der Waals surface area (Å²) in [5, 5.41) is 8.45. The fraction of sp³-hybridized carbons (Fsp3) is 0.667. The van der Waals surface area contributed by atoms with E-state index in [1.54, 1.807) is 0 Å². The van der Waals surface area contributed by atoms with Gasteiger partial charge in [-0.15, -0.1) is 0 Å². The molecule has 3 heteroatoms. The lowest BCUT2D eigenvalue weighted by atomic mass is 10.2. The van der Waals surface area contributed by atoms with Crippen molar-refractivity contribution in [3.05, 3.63) is 12.2 Å². The quantitative estimate of drug-likeness (QED) is 0.622. The summed E-state index contributed by atoms with van der Waals surface area (Å²) in [5.41, 5.74) is 0.109. The predicted molar refractivity (Wildman–Crippen MR) is 47.1 cm³/mol. The maximum absolute atomic E-state index is 10.3. The Morgan fingerprint density at radius 2 is 2.25 bits per heavy atom. The molecular formula is C9H16O3. The minimum atomic E-state index is -0.987. The fourth-order valence-corrected chi connectivity index (χ4v) is 0.794. The Balaban J connectivity index is 3.54. The Bertz CT molecular complexity index is 163. The second kappa shape index (κ2) is 5.77. The van der Waals surface area contributed by atoms with Gasteiger partial charge in [-0.25, -0.2) is 4.79 Å². The third-order valence-corrected chi connectivity index (χ3v) is 1.54. The molecule has 0 saturated heterocycles. The minimum Gasteiger partial charge on any atom is -0.478 e. The van der Waals surface area contributed by atoms with Crippen LogP contribution in [0.2, 0.25) is 0 Å². The third kappa shape index (κ3) is 4.91. The van der Waals surface area contributed by atoms with Gasteiger partial charge in [-0.1, -0.05) is 19.9 Å². The molecule has 3 nitrogen and oxygen atoms in total. The molecule has 1 unspecified atom stereocenters. The average Bonchev–Trinajstić information content (AvgIpc) is 2.00. The van der Waals surface area contributed by atoms with Gasteiger partial charge in [0.25, 0.3) is 0 Å². The van der Waals surface area contributed by atoms with Crippen molar-refractivity contribution in [1.29, 1.82) is 0 Å². The first-order valence-electron chi connectivity index (χ1n) is 4.10. The van der Waals surface area contributed by atoms with Crippen LogP contribution in [-0.2, 0) is 9.53 Å². The zero-order chi connectivity index (χ0) is 9.56. The van der Waals surface area contributed by atoms with Crippen LogP contribution in [0.4, 0.5) is 0 Å². The molecule has 0 fully saturated rings. The summed E-state index contributed by atoms with van der Waals surface area (Å²) in [5.74, 6) is -0.987. The smallest absolute Gasteiger partial charge is 0.333 e. The van der Waals surface area contributed by atoms with Gasteiger partial charge in [0.2, 0.25) is 0 Å². The van der Waals surface area contributed by atoms with E-state index in [4.69, 9.17) is 9.84 Å². The Kier molecular flexibility index (Phi) is 5.37. The maximum Gasteiger partial charge on any atom is 0.333 e. The van der Waals surface area contributed by atoms with Gasteiger partial charge in [0.05, 0.1) is 18.3 Å². The molecule has 0 aliphatic rings. The lowest BCUT2D eigenvalue weighted by molar-refractivity contribution is -0.133. The molecule has 0 aromatic carbocycles. The molecule has 12 heavy (non-hydrogen) atoms. The van der Waals surface area contributed by atoms with Crippen molar-refractivity contribution in [1.82, 2.24) is 0 Å². The van der Waals surface area contributed by atoms with E-state index in [0.29, 0.717) is 0 Å². The molecule has 0 aromatic heterocycles. The zero-order valence-electron chi connectivity index (χ0n) is 7.67. The van der Waals surface area contributed by atoms with Crippen molar-refractivity contribution >= 4 is 5.97 Å². The largest absolute Gasteiger partial charge is 0.478 e. The van der Waals surface area contributed by atoms with E-state index in [2.05, 4.69) is 13.5 Å². The molecule has 1 N–H and O–H groups in total. The zero-order valence-corrected chi connectivity index (χ0v) is 7.67. The van der Waals surface area contributed by atoms with Crippen molar-refractivity contribution in [2.75, 3.05) is 6.61 Å². The Morgan fingerprint density at radius 1 is 1.67 bits per heavy atom. The molecule has 0 amide bonds. The van der Waals surface area contributed by atoms with Crippen LogP contribution >= 0.6 is 0 Å². The van der Waals surface area contributed by atoms with E-state index in [0.717, 1.165) is 12.8 Å². The molecule has 0 rings (SSSR count). The molecule has 0 saturated carbocycles. The van der Waals surface area contributed by atoms with Gasteiger partial charge in [-0.2, -0.15) is 0 Å². The van der Waals surface area contributed by atoms with Crippen LogP contribution < -0.4 is 0 Å². The highest BCUT2D eigenvalue weighted by atomic mass is 16.5. The van der Waals surface area contributed by atoms with E-state index >= 15 is 0 Å². The molecule has 0 bridgehead atoms. The third-order valence-electron chi connectivity index (χ3n) is 1.54. The van der Waals surface area contributed by atoms with E-state index in [-0.39, 0.29) is 18.3 Å². The van der Waals surface area contributed by atoms with Crippen LogP contribution in [0, 0.1) is 0 Å². The van der Waals surface area contributed by atoms with Crippen LogP contribution in [0.3, 0.4) is 0 Å². The highest BCUT2D eigenvalue weighted by Gasteiger charge is 2.06. The van der Waals surface area contributed by atoms with Crippen molar-refractivity contribution in [3.63, 3.8) is 0 Å². The van der Waals surface area contributed by atoms with Gasteiger partial charge in [0.1, 0.15) is 0 Å². The number of carboxylic acid groups (broad SMARTS) is 1. The Labute approximate surface area is 73.0 Å². The molecule has 0 radical (unpaired) electrons. The number of aliphatic carboxylic acids is 1. The van der Waals surface area contributed by atoms with Crippen molar-refractivity contribution in [2.45, 2.75) is 32.8 Å². The number of rotatable bonds is 6. The molecule has 0 aliphatic heterocycles. The highest BCUT2D eigenvalue weighted by molar-refractivity contribution is 5.85. The van der Waals surface area contributed by atoms with E-state index < -0.39 is 5.97 Å². The average molecular weight is 172 g/mol. The summed E-state index contributed by atoms with van der Waals surface area (Å²) in [7, 11) is 0. The second-order valence-corrected chi connectivity index (χ2v) is 2.82. The van der Waals surface area contributed by atoms with Crippen LogP contribution in [-0.4, -0.2) is 23.8 Å². The molecule has 70 valence electrons. The first-order valence-corrected chi connectivity index (χ1v) is 4.10. The van der Waals surface area contributed by atoms with Crippen LogP contribution in [0.15, 0.2) is 12.2 Å². The molecule has 0 spiro atoms. The van der Waals surface area contributed by atoms with E-state index in [1.165, 1.54) is 0 Å². The minimum absolute atomic E-state index is 0.109. The number of hydrogen-bond donors (Lipinski definition) is 1. The maximum atomic E-state index is 10.3. The molecule has 0 heterocycles. The summed E-state index contributed by atoms with van der Waals surface area (Å²) in [6.45, 7) is 7.47. The SMILES string of the molecule is C=C(COC(C)CCC)C(=O)O. The standard InChI is InChI=1S/C9H16O3/c1-4-5-8(3)12-6-7(2)9(10)11/h8H,2,4-6H2,1,3H3,(H,10,11). The summed E-state index contributed by atoms with van der Waals surface area (Å²) in [6, 6.07) is 0. The molecular weight excluding hydrogens is 156 g/mol. The normalized spacial score (nSPS) is 12.5. The number of ether oxygens (including phenoxy) is 1. The van der Waals surface area contributed by atoms with E-state index in [9.17, 15) is 4.79 Å². The molecule has 0 aromatic rings. The first-order chi connectivity index (χ1) is 5.57. The second-order valence-electron chi connectivity index (χ2n) is 2.82. The lowest BCUT2D eigenvalue weighted by Crippen LogP contribution is -2.13. The van der Waals surface area contributed by atoms with Gasteiger partial charge in [0.15, 0.2) is 0 Å². The highest BCUT2D eigenvalue weighted by Crippen LogP contribution is 2.02. The molecule has 0 aliphatic carbocycles. The van der Waals surface area contributed by atoms with Crippen molar-refractivity contribution in [3.8, 4) is 0 Å². The van der Waals surface area contributed by atoms with Gasteiger partial charge < -0.3 is 9.84 Å². The monoisotopic (exact) mass is 172 g/mol. The first kappa shape index (κ1) is 11.2. The van der Waals surface area contributed by atoms with Gasteiger partial charge in [-0.05, 0) is 13.3 Å².